The van der Waals surface area contributed by atoms with Crippen molar-refractivity contribution in [2.24, 2.45) is 11.8 Å². The fourth-order valence-electron chi connectivity index (χ4n) is 4.37. The first kappa shape index (κ1) is 14.5. The lowest BCUT2D eigenvalue weighted by atomic mass is 9.94. The van der Waals surface area contributed by atoms with E-state index in [4.69, 9.17) is 4.98 Å². The molecule has 24 heavy (non-hydrogen) atoms. The van der Waals surface area contributed by atoms with Gasteiger partial charge in [0.1, 0.15) is 5.82 Å². The van der Waals surface area contributed by atoms with Crippen LogP contribution in [-0.2, 0) is 11.3 Å². The van der Waals surface area contributed by atoms with Gasteiger partial charge in [0.05, 0.1) is 23.5 Å². The largest absolute Gasteiger partial charge is 0.341 e. The van der Waals surface area contributed by atoms with Crippen molar-refractivity contribution in [3.05, 3.63) is 30.1 Å². The monoisotopic (exact) mass is 324 g/mol. The van der Waals surface area contributed by atoms with Crippen LogP contribution in [0.15, 0.2) is 24.3 Å². The number of fused-ring (bicyclic) bond motifs is 5. The maximum Gasteiger partial charge on any atom is 0.227 e. The third-order valence-electron chi connectivity index (χ3n) is 5.83. The Morgan fingerprint density at radius 1 is 1.12 bits per heavy atom. The topological polar surface area (TPSA) is 52.2 Å². The zero-order chi connectivity index (χ0) is 16.1. The third-order valence-corrected chi connectivity index (χ3v) is 5.83. The van der Waals surface area contributed by atoms with Crippen LogP contribution in [0.4, 0.5) is 0 Å². The fraction of sp³-hybridized carbons (Fsp3) is 0.579. The van der Waals surface area contributed by atoms with E-state index in [-0.39, 0.29) is 5.92 Å². The molecule has 3 aliphatic heterocycles. The Morgan fingerprint density at radius 2 is 2.00 bits per heavy atom. The molecule has 0 spiro atoms. The molecule has 3 saturated heterocycles. The number of nitrogens with one attached hydrogen (secondary N) is 1. The minimum Gasteiger partial charge on any atom is -0.341 e. The Hall–Kier alpha value is -1.88. The molecule has 5 heteroatoms. The number of hydrogen-bond acceptors (Lipinski definition) is 3. The number of carbonyl (C=O) groups is 1. The van der Waals surface area contributed by atoms with Crippen LogP contribution in [0.2, 0.25) is 0 Å². The van der Waals surface area contributed by atoms with Gasteiger partial charge in [0.15, 0.2) is 0 Å². The zero-order valence-corrected chi connectivity index (χ0v) is 13.9. The predicted octanol–water partition coefficient (Wildman–Crippen LogP) is 2.40. The molecule has 1 saturated carbocycles. The van der Waals surface area contributed by atoms with Gasteiger partial charge in [-0.1, -0.05) is 12.1 Å². The second-order valence-corrected chi connectivity index (χ2v) is 7.76. The summed E-state index contributed by atoms with van der Waals surface area (Å²) in [5.74, 6) is 2.38. The molecule has 126 valence electrons. The number of para-hydroxylation sites is 2. The number of aromatic amines is 1. The normalized spacial score (nSPS) is 27.8. The highest BCUT2D eigenvalue weighted by atomic mass is 16.2. The second kappa shape index (κ2) is 5.59. The molecule has 0 radical (unpaired) electrons. The average Bonchev–Trinajstić information content (AvgIpc) is 3.34. The van der Waals surface area contributed by atoms with Crippen molar-refractivity contribution >= 4 is 16.9 Å². The highest BCUT2D eigenvalue weighted by Crippen LogP contribution is 2.35. The number of imidazole rings is 1. The lowest BCUT2D eigenvalue weighted by Gasteiger charge is -2.36. The summed E-state index contributed by atoms with van der Waals surface area (Å²) in [6, 6.07) is 8.57. The zero-order valence-electron chi connectivity index (χ0n) is 13.9. The molecule has 1 aromatic heterocycles. The summed E-state index contributed by atoms with van der Waals surface area (Å²) in [6.07, 6.45) is 4.84. The number of rotatable bonds is 4. The van der Waals surface area contributed by atoms with Gasteiger partial charge in [-0.3, -0.25) is 9.69 Å². The number of amides is 1. The summed E-state index contributed by atoms with van der Waals surface area (Å²) in [4.78, 5) is 25.6. The van der Waals surface area contributed by atoms with Crippen LogP contribution >= 0.6 is 0 Å². The minimum absolute atomic E-state index is 0.187. The Morgan fingerprint density at radius 3 is 2.83 bits per heavy atom. The highest BCUT2D eigenvalue weighted by molar-refractivity contribution is 5.80. The Bertz CT molecular complexity index is 733. The van der Waals surface area contributed by atoms with Crippen molar-refractivity contribution in [2.45, 2.75) is 38.3 Å². The number of carbonyl (C=O) groups excluding carboxylic acids is 1. The molecule has 2 aromatic rings. The molecule has 0 unspecified atom stereocenters. The number of aromatic nitrogens is 2. The molecule has 2 atom stereocenters. The molecule has 1 aliphatic carbocycles. The minimum atomic E-state index is 0.187. The molecule has 2 bridgehead atoms. The van der Waals surface area contributed by atoms with Crippen molar-refractivity contribution in [2.75, 3.05) is 19.6 Å². The van der Waals surface area contributed by atoms with Crippen molar-refractivity contribution in [3.8, 4) is 0 Å². The van der Waals surface area contributed by atoms with E-state index in [2.05, 4.69) is 20.9 Å². The number of hydrogen-bond donors (Lipinski definition) is 1. The van der Waals surface area contributed by atoms with Gasteiger partial charge in [-0.05, 0) is 43.7 Å². The van der Waals surface area contributed by atoms with E-state index in [1.54, 1.807) is 0 Å². The quantitative estimate of drug-likeness (QED) is 0.939. The summed E-state index contributed by atoms with van der Waals surface area (Å²) in [5.41, 5.74) is 2.12. The van der Waals surface area contributed by atoms with E-state index >= 15 is 0 Å². The van der Waals surface area contributed by atoms with E-state index in [1.807, 2.05) is 18.2 Å². The maximum atomic E-state index is 12.8. The molecule has 4 fully saturated rings. The van der Waals surface area contributed by atoms with Gasteiger partial charge in [0, 0.05) is 25.7 Å². The van der Waals surface area contributed by atoms with Gasteiger partial charge in [0.2, 0.25) is 5.91 Å². The molecule has 4 heterocycles. The van der Waals surface area contributed by atoms with E-state index in [9.17, 15) is 4.79 Å². The van der Waals surface area contributed by atoms with Crippen LogP contribution in [0.25, 0.3) is 11.0 Å². The highest BCUT2D eigenvalue weighted by Gasteiger charge is 2.42. The third kappa shape index (κ3) is 2.61. The molecule has 6 rings (SSSR count). The summed E-state index contributed by atoms with van der Waals surface area (Å²) in [6.45, 7) is 3.68. The van der Waals surface area contributed by atoms with Gasteiger partial charge in [-0.2, -0.15) is 0 Å². The van der Waals surface area contributed by atoms with E-state index < -0.39 is 0 Å². The first-order chi connectivity index (χ1) is 11.8. The molecular formula is C19H24N4O. The standard InChI is InChI=1S/C19H24N4O/c24-19-14-7-8-15(23(19)9-13-5-6-13)11-22(10-14)12-18-20-16-3-1-2-4-17(16)21-18/h1-4,13-15H,5-12H2,(H,20,21)/t14-,15+/m0/s1. The average molecular weight is 324 g/mol. The van der Waals surface area contributed by atoms with Crippen molar-refractivity contribution < 1.29 is 4.79 Å². The van der Waals surface area contributed by atoms with Gasteiger partial charge >= 0.3 is 0 Å². The fourth-order valence-corrected chi connectivity index (χ4v) is 4.37. The first-order valence-electron chi connectivity index (χ1n) is 9.23. The van der Waals surface area contributed by atoms with Crippen LogP contribution in [0.3, 0.4) is 0 Å². The maximum absolute atomic E-state index is 12.8. The summed E-state index contributed by atoms with van der Waals surface area (Å²) < 4.78 is 0. The van der Waals surface area contributed by atoms with Gasteiger partial charge < -0.3 is 9.88 Å². The summed E-state index contributed by atoms with van der Waals surface area (Å²) >= 11 is 0. The lowest BCUT2D eigenvalue weighted by Crippen LogP contribution is -2.48. The molecular weight excluding hydrogens is 300 g/mol. The van der Waals surface area contributed by atoms with Crippen molar-refractivity contribution in [1.29, 1.82) is 0 Å². The van der Waals surface area contributed by atoms with Gasteiger partial charge in [-0.15, -0.1) is 0 Å². The van der Waals surface area contributed by atoms with E-state index in [0.717, 1.165) is 55.4 Å². The second-order valence-electron chi connectivity index (χ2n) is 7.76. The molecule has 1 aromatic carbocycles. The molecule has 1 N–H and O–H groups in total. The first-order valence-corrected chi connectivity index (χ1v) is 9.23. The van der Waals surface area contributed by atoms with E-state index in [1.165, 1.54) is 19.3 Å². The molecule has 1 amide bonds. The molecule has 4 aliphatic rings. The molecule has 5 nitrogen and oxygen atoms in total. The predicted molar refractivity (Wildman–Crippen MR) is 92.3 cm³/mol. The number of H-pyrrole nitrogens is 1. The Kier molecular flexibility index (Phi) is 3.37. The number of nitrogens with zero attached hydrogens (tertiary/aromatic N) is 3. The number of benzene rings is 1. The van der Waals surface area contributed by atoms with Crippen LogP contribution in [0.1, 0.15) is 31.5 Å². The van der Waals surface area contributed by atoms with Crippen LogP contribution < -0.4 is 0 Å². The smallest absolute Gasteiger partial charge is 0.227 e. The Balaban J connectivity index is 1.34. The number of piperidine rings is 1. The van der Waals surface area contributed by atoms with Gasteiger partial charge in [-0.25, -0.2) is 4.98 Å². The summed E-state index contributed by atoms with van der Waals surface area (Å²) in [5, 5.41) is 0. The van der Waals surface area contributed by atoms with Crippen LogP contribution in [-0.4, -0.2) is 51.4 Å². The van der Waals surface area contributed by atoms with Crippen LogP contribution in [0, 0.1) is 11.8 Å². The van der Waals surface area contributed by atoms with Crippen molar-refractivity contribution in [1.82, 2.24) is 19.8 Å². The van der Waals surface area contributed by atoms with Crippen LogP contribution in [0.5, 0.6) is 0 Å². The Labute approximate surface area is 142 Å². The van der Waals surface area contributed by atoms with Crippen molar-refractivity contribution in [3.63, 3.8) is 0 Å². The SMILES string of the molecule is O=C1[C@H]2CC[C@H](CN(Cc3nc4ccccc4[nH]3)C2)N1CC1CC1. The lowest BCUT2D eigenvalue weighted by molar-refractivity contribution is -0.140. The summed E-state index contributed by atoms with van der Waals surface area (Å²) in [7, 11) is 0. The van der Waals surface area contributed by atoms with Gasteiger partial charge in [0.25, 0.3) is 0 Å². The van der Waals surface area contributed by atoms with E-state index in [0.29, 0.717) is 11.9 Å².